The number of nitrogens with zero attached hydrogens (tertiary/aromatic N) is 3. The van der Waals surface area contributed by atoms with Gasteiger partial charge in [-0.3, -0.25) is 14.6 Å². The molecule has 2 heterocycles. The lowest BCUT2D eigenvalue weighted by atomic mass is 10.1. The van der Waals surface area contributed by atoms with Gasteiger partial charge < -0.3 is 15.4 Å². The van der Waals surface area contributed by atoms with Crippen LogP contribution >= 0.6 is 11.8 Å². The SMILES string of the molecule is O=C(O)CSc1nnc(-c2cccc(C(=O)NCc3ccccn3)c2)[nH]1. The standard InChI is InChI=1S/C17H15N5O3S/c23-14(24)10-26-17-20-15(21-22-17)11-4-3-5-12(8-11)16(25)19-9-13-6-1-2-7-18-13/h1-8H,9-10H2,(H,19,25)(H,23,24)(H,20,21,22). The minimum Gasteiger partial charge on any atom is -0.481 e. The Labute approximate surface area is 153 Å². The van der Waals surface area contributed by atoms with Crippen molar-refractivity contribution >= 4 is 23.6 Å². The monoisotopic (exact) mass is 369 g/mol. The van der Waals surface area contributed by atoms with Crippen molar-refractivity contribution < 1.29 is 14.7 Å². The predicted octanol–water partition coefficient (Wildman–Crippen LogP) is 1.97. The van der Waals surface area contributed by atoms with Crippen LogP contribution in [0.3, 0.4) is 0 Å². The molecule has 0 saturated carbocycles. The van der Waals surface area contributed by atoms with Gasteiger partial charge in [-0.15, -0.1) is 10.2 Å². The van der Waals surface area contributed by atoms with Crippen molar-refractivity contribution in [2.24, 2.45) is 0 Å². The maximum atomic E-state index is 12.3. The third kappa shape index (κ3) is 4.67. The quantitative estimate of drug-likeness (QED) is 0.544. The summed E-state index contributed by atoms with van der Waals surface area (Å²) in [7, 11) is 0. The Hall–Kier alpha value is -3.20. The van der Waals surface area contributed by atoms with E-state index in [1.54, 1.807) is 30.5 Å². The first-order valence-electron chi connectivity index (χ1n) is 7.67. The average Bonchev–Trinajstić information content (AvgIpc) is 3.14. The Morgan fingerprint density at radius 1 is 1.15 bits per heavy atom. The zero-order valence-electron chi connectivity index (χ0n) is 13.5. The number of H-pyrrole nitrogens is 1. The molecule has 3 aromatic rings. The van der Waals surface area contributed by atoms with Gasteiger partial charge in [0.1, 0.15) is 0 Å². The normalized spacial score (nSPS) is 10.5. The third-order valence-electron chi connectivity index (χ3n) is 3.35. The number of pyridine rings is 1. The largest absolute Gasteiger partial charge is 0.481 e. The lowest BCUT2D eigenvalue weighted by Crippen LogP contribution is -2.23. The molecule has 0 saturated heterocycles. The summed E-state index contributed by atoms with van der Waals surface area (Å²) in [5.74, 6) is -0.792. The fourth-order valence-corrected chi connectivity index (χ4v) is 2.68. The van der Waals surface area contributed by atoms with Crippen molar-refractivity contribution in [3.63, 3.8) is 0 Å². The van der Waals surface area contributed by atoms with Crippen molar-refractivity contribution in [3.8, 4) is 11.4 Å². The molecule has 0 aliphatic carbocycles. The number of carboxylic acids is 1. The van der Waals surface area contributed by atoms with Crippen LogP contribution in [0, 0.1) is 0 Å². The van der Waals surface area contributed by atoms with E-state index in [-0.39, 0.29) is 11.7 Å². The molecule has 9 heteroatoms. The van der Waals surface area contributed by atoms with Gasteiger partial charge in [0, 0.05) is 17.3 Å². The summed E-state index contributed by atoms with van der Waals surface area (Å²) in [6.07, 6.45) is 1.67. The molecule has 3 rings (SSSR count). The van der Waals surface area contributed by atoms with Crippen LogP contribution in [0.25, 0.3) is 11.4 Å². The number of aromatic amines is 1. The number of carboxylic acid groups (broad SMARTS) is 1. The first kappa shape index (κ1) is 17.6. The van der Waals surface area contributed by atoms with Gasteiger partial charge >= 0.3 is 5.97 Å². The van der Waals surface area contributed by atoms with Crippen molar-refractivity contribution in [3.05, 3.63) is 59.9 Å². The first-order chi connectivity index (χ1) is 12.6. The number of aliphatic carboxylic acids is 1. The molecule has 0 bridgehead atoms. The van der Waals surface area contributed by atoms with Crippen LogP contribution in [0.4, 0.5) is 0 Å². The van der Waals surface area contributed by atoms with Gasteiger partial charge in [0.25, 0.3) is 5.91 Å². The van der Waals surface area contributed by atoms with Gasteiger partial charge in [0.05, 0.1) is 18.0 Å². The average molecular weight is 369 g/mol. The van der Waals surface area contributed by atoms with E-state index in [9.17, 15) is 9.59 Å². The number of nitrogens with one attached hydrogen (secondary N) is 2. The number of thioether (sulfide) groups is 1. The maximum Gasteiger partial charge on any atom is 0.313 e. The highest BCUT2D eigenvalue weighted by Crippen LogP contribution is 2.20. The van der Waals surface area contributed by atoms with Crippen LogP contribution in [0.15, 0.2) is 53.8 Å². The van der Waals surface area contributed by atoms with Gasteiger partial charge in [-0.05, 0) is 24.3 Å². The Kier molecular flexibility index (Phi) is 5.59. The second-order valence-electron chi connectivity index (χ2n) is 5.25. The predicted molar refractivity (Wildman–Crippen MR) is 95.6 cm³/mol. The lowest BCUT2D eigenvalue weighted by Gasteiger charge is -2.06. The Morgan fingerprint density at radius 3 is 2.81 bits per heavy atom. The van der Waals surface area contributed by atoms with Crippen LogP contribution in [0.5, 0.6) is 0 Å². The second kappa shape index (κ2) is 8.26. The Balaban J connectivity index is 1.67. The van der Waals surface area contributed by atoms with Gasteiger partial charge in [-0.25, -0.2) is 0 Å². The second-order valence-corrected chi connectivity index (χ2v) is 6.21. The van der Waals surface area contributed by atoms with Crippen molar-refractivity contribution in [1.29, 1.82) is 0 Å². The number of carbonyl (C=O) groups excluding carboxylic acids is 1. The minimum absolute atomic E-state index is 0.107. The Morgan fingerprint density at radius 2 is 2.04 bits per heavy atom. The van der Waals surface area contributed by atoms with Crippen molar-refractivity contribution in [2.75, 3.05) is 5.75 Å². The van der Waals surface area contributed by atoms with Gasteiger partial charge in [0.2, 0.25) is 0 Å². The summed E-state index contributed by atoms with van der Waals surface area (Å²) in [6.45, 7) is 0.336. The summed E-state index contributed by atoms with van der Waals surface area (Å²) in [4.78, 5) is 30.0. The number of hydrogen-bond acceptors (Lipinski definition) is 6. The number of rotatable bonds is 7. The summed E-state index contributed by atoms with van der Waals surface area (Å²) < 4.78 is 0. The molecular formula is C17H15N5O3S. The number of benzene rings is 1. The molecule has 0 fully saturated rings. The number of aromatic nitrogens is 4. The topological polar surface area (TPSA) is 121 Å². The molecule has 132 valence electrons. The molecule has 8 nitrogen and oxygen atoms in total. The van der Waals surface area contributed by atoms with E-state index in [2.05, 4.69) is 25.5 Å². The highest BCUT2D eigenvalue weighted by molar-refractivity contribution is 7.99. The van der Waals surface area contributed by atoms with E-state index in [4.69, 9.17) is 5.11 Å². The number of carbonyl (C=O) groups is 2. The summed E-state index contributed by atoms with van der Waals surface area (Å²) in [6, 6.07) is 12.4. The van der Waals surface area contributed by atoms with E-state index in [1.807, 2.05) is 18.2 Å². The summed E-state index contributed by atoms with van der Waals surface area (Å²) in [5, 5.41) is 19.8. The smallest absolute Gasteiger partial charge is 0.313 e. The van der Waals surface area contributed by atoms with E-state index < -0.39 is 5.97 Å². The fraction of sp³-hybridized carbons (Fsp3) is 0.118. The zero-order valence-corrected chi connectivity index (χ0v) is 14.4. The highest BCUT2D eigenvalue weighted by atomic mass is 32.2. The molecule has 0 unspecified atom stereocenters. The third-order valence-corrected chi connectivity index (χ3v) is 4.20. The lowest BCUT2D eigenvalue weighted by molar-refractivity contribution is -0.133. The number of amides is 1. The van der Waals surface area contributed by atoms with Crippen LogP contribution in [0.1, 0.15) is 16.1 Å². The van der Waals surface area contributed by atoms with Gasteiger partial charge in [0.15, 0.2) is 11.0 Å². The Bertz CT molecular complexity index is 914. The van der Waals surface area contributed by atoms with Gasteiger partial charge in [-0.1, -0.05) is 30.0 Å². The van der Waals surface area contributed by atoms with Crippen LogP contribution in [0.2, 0.25) is 0 Å². The van der Waals surface area contributed by atoms with E-state index in [0.29, 0.717) is 28.7 Å². The molecule has 0 radical (unpaired) electrons. The molecule has 1 amide bonds. The summed E-state index contributed by atoms with van der Waals surface area (Å²) in [5.41, 5.74) is 1.94. The molecular weight excluding hydrogens is 354 g/mol. The molecule has 2 aromatic heterocycles. The molecule has 0 aliphatic rings. The van der Waals surface area contributed by atoms with Crippen molar-refractivity contribution in [2.45, 2.75) is 11.7 Å². The van der Waals surface area contributed by atoms with E-state index in [0.717, 1.165) is 17.5 Å². The fourth-order valence-electron chi connectivity index (χ4n) is 2.15. The van der Waals surface area contributed by atoms with Crippen LogP contribution in [-0.2, 0) is 11.3 Å². The molecule has 1 aromatic carbocycles. The molecule has 0 spiro atoms. The number of hydrogen-bond donors (Lipinski definition) is 3. The van der Waals surface area contributed by atoms with Gasteiger partial charge in [-0.2, -0.15) is 0 Å². The summed E-state index contributed by atoms with van der Waals surface area (Å²) >= 11 is 1.05. The van der Waals surface area contributed by atoms with Crippen molar-refractivity contribution in [1.82, 2.24) is 25.5 Å². The first-order valence-corrected chi connectivity index (χ1v) is 8.66. The molecule has 0 aliphatic heterocycles. The zero-order chi connectivity index (χ0) is 18.4. The highest BCUT2D eigenvalue weighted by Gasteiger charge is 2.11. The minimum atomic E-state index is -0.931. The molecule has 3 N–H and O–H groups in total. The van der Waals surface area contributed by atoms with E-state index in [1.165, 1.54) is 0 Å². The maximum absolute atomic E-state index is 12.3. The van der Waals surface area contributed by atoms with E-state index >= 15 is 0 Å². The van der Waals surface area contributed by atoms with Crippen LogP contribution in [-0.4, -0.2) is 42.9 Å². The van der Waals surface area contributed by atoms with Crippen LogP contribution < -0.4 is 5.32 Å². The molecule has 0 atom stereocenters. The molecule has 26 heavy (non-hydrogen) atoms.